The van der Waals surface area contributed by atoms with Crippen molar-refractivity contribution < 1.29 is 46.6 Å². The van der Waals surface area contributed by atoms with Gasteiger partial charge in [0.2, 0.25) is 11.5 Å². The molecule has 0 spiro atoms. The van der Waals surface area contributed by atoms with Crippen molar-refractivity contribution >= 4 is 91.4 Å². The first-order chi connectivity index (χ1) is 19.1. The number of benzene rings is 1. The van der Waals surface area contributed by atoms with Gasteiger partial charge >= 0.3 is 45.8 Å². The molecule has 1 aliphatic heterocycles. The van der Waals surface area contributed by atoms with Crippen LogP contribution in [-0.4, -0.2) is 111 Å². The second-order valence-corrected chi connectivity index (χ2v) is 10.9. The standard InChI is InChI=1S/C21H23N7O11S2.Na.H/c1-21(2,19(32)38-8-10-4-6-11(7-5-10)28(33)34)39-26-13(12-9-40-20(22)24-12)16(29)25-14-15(17(30)23-3)27(18(14)31)41(35,36)37;;/h4-7,9,14-15H,8H2,1-3H3,(H2,22,24)(H,23,30)(H,25,29)(H,35,36,37);;/b26-13-;;. The number of anilines is 1. The summed E-state index contributed by atoms with van der Waals surface area (Å²) in [5.74, 6) is -4.40. The number of rotatable bonds is 11. The van der Waals surface area contributed by atoms with E-state index in [1.54, 1.807) is 0 Å². The van der Waals surface area contributed by atoms with E-state index in [4.69, 9.17) is 15.3 Å². The molecule has 21 heteroatoms. The molecule has 0 aliphatic carbocycles. The summed E-state index contributed by atoms with van der Waals surface area (Å²) in [6.07, 6.45) is 0. The average molecular weight is 638 g/mol. The van der Waals surface area contributed by atoms with Gasteiger partial charge in [0.05, 0.1) is 4.92 Å². The van der Waals surface area contributed by atoms with E-state index in [9.17, 15) is 42.3 Å². The zero-order valence-electron chi connectivity index (χ0n) is 21.5. The molecular weight excluding hydrogens is 613 g/mol. The Labute approximate surface area is 263 Å². The van der Waals surface area contributed by atoms with E-state index >= 15 is 0 Å². The van der Waals surface area contributed by atoms with E-state index in [-0.39, 0.29) is 57.0 Å². The predicted molar refractivity (Wildman–Crippen MR) is 146 cm³/mol. The third-order valence-corrected chi connectivity index (χ3v) is 7.03. The van der Waals surface area contributed by atoms with Crippen molar-refractivity contribution in [3.05, 3.63) is 51.0 Å². The van der Waals surface area contributed by atoms with Gasteiger partial charge < -0.3 is 25.9 Å². The Morgan fingerprint density at radius 2 is 1.90 bits per heavy atom. The van der Waals surface area contributed by atoms with Gasteiger partial charge in [0.1, 0.15) is 18.3 Å². The fourth-order valence-corrected chi connectivity index (χ4v) is 4.70. The number of likely N-dealkylation sites (N-methyl/N-ethyl adjacent to an activating group) is 1. The molecular formula is C21H24N7NaO11S2. The number of amides is 3. The molecule has 0 saturated carbocycles. The van der Waals surface area contributed by atoms with Gasteiger partial charge in [0.25, 0.3) is 17.5 Å². The number of nitrogens with one attached hydrogen (secondary N) is 2. The third kappa shape index (κ3) is 7.77. The number of nitrogens with two attached hydrogens (primary N) is 1. The van der Waals surface area contributed by atoms with E-state index in [0.717, 1.165) is 18.4 Å². The summed E-state index contributed by atoms with van der Waals surface area (Å²) in [6, 6.07) is 1.73. The van der Waals surface area contributed by atoms with Gasteiger partial charge in [-0.1, -0.05) is 5.16 Å². The molecule has 1 fully saturated rings. The number of nitro groups is 1. The summed E-state index contributed by atoms with van der Waals surface area (Å²) in [7, 11) is -3.97. The summed E-state index contributed by atoms with van der Waals surface area (Å²) in [4.78, 5) is 69.7. The first-order valence-corrected chi connectivity index (χ1v) is 13.6. The van der Waals surface area contributed by atoms with Crippen LogP contribution in [0.4, 0.5) is 10.8 Å². The Hall–Kier alpha value is -3.69. The number of ether oxygens (including phenoxy) is 1. The van der Waals surface area contributed by atoms with E-state index in [0.29, 0.717) is 5.56 Å². The van der Waals surface area contributed by atoms with E-state index in [1.165, 1.54) is 43.5 Å². The van der Waals surface area contributed by atoms with Crippen molar-refractivity contribution in [1.82, 2.24) is 19.9 Å². The number of thiazole rings is 1. The number of carbonyl (C=O) groups is 4. The topological polar surface area (TPSA) is 263 Å². The summed E-state index contributed by atoms with van der Waals surface area (Å²) in [5, 5.41) is 20.1. The fraction of sp³-hybridized carbons (Fsp3) is 0.333. The Morgan fingerprint density at radius 1 is 1.29 bits per heavy atom. The molecule has 2 heterocycles. The van der Waals surface area contributed by atoms with Crippen LogP contribution in [0.3, 0.4) is 0 Å². The molecule has 3 rings (SSSR count). The third-order valence-electron chi connectivity index (χ3n) is 5.46. The first-order valence-electron chi connectivity index (χ1n) is 11.3. The van der Waals surface area contributed by atoms with Crippen molar-refractivity contribution in [3.63, 3.8) is 0 Å². The van der Waals surface area contributed by atoms with Gasteiger partial charge in [-0.15, -0.1) is 11.3 Å². The molecule has 1 aliphatic rings. The quantitative estimate of drug-likeness (QED) is 0.0415. The summed E-state index contributed by atoms with van der Waals surface area (Å²) in [6.45, 7) is 2.26. The zero-order chi connectivity index (χ0) is 30.7. The number of carbonyl (C=O) groups excluding carboxylic acids is 4. The minimum atomic E-state index is -5.12. The number of oxime groups is 1. The Bertz CT molecular complexity index is 1530. The number of nitrogens with zero attached hydrogens (tertiary/aromatic N) is 4. The second kappa shape index (κ2) is 13.5. The Kier molecular flexibility index (Phi) is 11.1. The molecule has 1 aromatic heterocycles. The predicted octanol–water partition coefficient (Wildman–Crippen LogP) is -1.53. The average Bonchev–Trinajstić information content (AvgIpc) is 3.33. The molecule has 1 saturated heterocycles. The maximum atomic E-state index is 13.1. The van der Waals surface area contributed by atoms with Crippen LogP contribution in [0.25, 0.3) is 0 Å². The minimum absolute atomic E-state index is 0. The zero-order valence-corrected chi connectivity index (χ0v) is 23.1. The van der Waals surface area contributed by atoms with Crippen LogP contribution >= 0.6 is 11.3 Å². The van der Waals surface area contributed by atoms with Crippen molar-refractivity contribution in [1.29, 1.82) is 0 Å². The summed E-state index contributed by atoms with van der Waals surface area (Å²) < 4.78 is 37.4. The molecule has 222 valence electrons. The molecule has 1 aromatic carbocycles. The molecule has 42 heavy (non-hydrogen) atoms. The molecule has 0 radical (unpaired) electrons. The Balaban J connectivity index is 0.00000616. The van der Waals surface area contributed by atoms with Crippen LogP contribution in [0.2, 0.25) is 0 Å². The monoisotopic (exact) mass is 637 g/mol. The van der Waals surface area contributed by atoms with Crippen molar-refractivity contribution in [3.8, 4) is 0 Å². The van der Waals surface area contributed by atoms with E-state index < -0.39 is 62.3 Å². The van der Waals surface area contributed by atoms with Gasteiger partial charge in [-0.05, 0) is 31.5 Å². The van der Waals surface area contributed by atoms with Gasteiger partial charge in [-0.25, -0.2) is 9.78 Å². The maximum absolute atomic E-state index is 13.1. The number of non-ortho nitro benzene ring substituents is 1. The molecule has 2 atom stereocenters. The van der Waals surface area contributed by atoms with Crippen LogP contribution in [0.15, 0.2) is 34.8 Å². The van der Waals surface area contributed by atoms with E-state index in [1.807, 2.05) is 0 Å². The first kappa shape index (κ1) is 34.5. The summed E-state index contributed by atoms with van der Waals surface area (Å²) in [5.41, 5.74) is 3.39. The Morgan fingerprint density at radius 3 is 2.40 bits per heavy atom. The van der Waals surface area contributed by atoms with Gasteiger partial charge in [0.15, 0.2) is 16.9 Å². The van der Waals surface area contributed by atoms with Gasteiger partial charge in [-0.2, -0.15) is 12.7 Å². The number of hydrogen-bond donors (Lipinski definition) is 4. The van der Waals surface area contributed by atoms with Crippen LogP contribution in [0.1, 0.15) is 25.1 Å². The van der Waals surface area contributed by atoms with Crippen LogP contribution < -0.4 is 16.4 Å². The van der Waals surface area contributed by atoms with Crippen molar-refractivity contribution in [2.45, 2.75) is 38.1 Å². The molecule has 5 N–H and O–H groups in total. The normalized spacial score (nSPS) is 16.9. The number of hydrogen-bond acceptors (Lipinski definition) is 14. The van der Waals surface area contributed by atoms with Crippen LogP contribution in [0.5, 0.6) is 0 Å². The van der Waals surface area contributed by atoms with Gasteiger partial charge in [0, 0.05) is 24.6 Å². The van der Waals surface area contributed by atoms with Crippen LogP contribution in [-0.2, 0) is 45.7 Å². The molecule has 3 amide bonds. The number of esters is 1. The van der Waals surface area contributed by atoms with Crippen LogP contribution in [0, 0.1) is 10.1 Å². The number of nitrogen functional groups attached to an aromatic ring is 1. The molecule has 0 bridgehead atoms. The van der Waals surface area contributed by atoms with E-state index in [2.05, 4.69) is 20.8 Å². The SMILES string of the molecule is CNC(=O)C1C(NC(=O)/C(=N\OC(C)(C)C(=O)OCc2ccc([N+](=O)[O-])cc2)c2csc(N)n2)C(=O)N1S(=O)(=O)O.[NaH]. The molecule has 18 nitrogen and oxygen atoms in total. The molecule has 2 aromatic rings. The number of β-lactam (4-membered cyclic amide) rings is 1. The summed E-state index contributed by atoms with van der Waals surface area (Å²) >= 11 is 0.915. The number of nitro benzene ring substituents is 1. The molecule has 2 unspecified atom stereocenters. The fourth-order valence-electron chi connectivity index (χ4n) is 3.31. The second-order valence-electron chi connectivity index (χ2n) is 8.73. The van der Waals surface area contributed by atoms with Crippen molar-refractivity contribution in [2.24, 2.45) is 5.16 Å². The van der Waals surface area contributed by atoms with Crippen molar-refractivity contribution in [2.75, 3.05) is 12.8 Å². The number of aromatic nitrogens is 1. The van der Waals surface area contributed by atoms with Gasteiger partial charge in [-0.3, -0.25) is 29.1 Å².